The average Bonchev–Trinajstić information content (AvgIpc) is 3.12. The van der Waals surface area contributed by atoms with Gasteiger partial charge in [0, 0.05) is 6.54 Å². The van der Waals surface area contributed by atoms with Crippen LogP contribution in [0, 0.1) is 17.8 Å². The van der Waals surface area contributed by atoms with Gasteiger partial charge >= 0.3 is 0 Å². The van der Waals surface area contributed by atoms with Gasteiger partial charge in [-0.05, 0) is 62.7 Å². The highest BCUT2D eigenvalue weighted by molar-refractivity contribution is 5.07. The van der Waals surface area contributed by atoms with Crippen molar-refractivity contribution in [2.45, 2.75) is 45.7 Å². The largest absolute Gasteiger partial charge is 0.463 e. The quantitative estimate of drug-likeness (QED) is 0.828. The summed E-state index contributed by atoms with van der Waals surface area (Å²) in [4.78, 5) is 2.45. The van der Waals surface area contributed by atoms with E-state index in [4.69, 9.17) is 4.42 Å². The first-order chi connectivity index (χ1) is 9.74. The van der Waals surface area contributed by atoms with Gasteiger partial charge in [0.25, 0.3) is 0 Å². The first kappa shape index (κ1) is 14.2. The van der Waals surface area contributed by atoms with Crippen molar-refractivity contribution in [3.05, 3.63) is 23.7 Å². The lowest BCUT2D eigenvalue weighted by Crippen LogP contribution is -2.28. The summed E-state index contributed by atoms with van der Waals surface area (Å²) in [6.07, 6.45) is 5.96. The summed E-state index contributed by atoms with van der Waals surface area (Å²) in [6.45, 7) is 6.13. The molecule has 0 amide bonds. The van der Waals surface area contributed by atoms with Gasteiger partial charge in [0.05, 0.1) is 13.1 Å². The maximum absolute atomic E-state index is 5.88. The lowest BCUT2D eigenvalue weighted by atomic mass is 9.88. The Morgan fingerprint density at radius 1 is 1.25 bits per heavy atom. The summed E-state index contributed by atoms with van der Waals surface area (Å²) in [5.41, 5.74) is 0. The molecule has 2 fully saturated rings. The normalized spacial score (nSPS) is 28.6. The van der Waals surface area contributed by atoms with Gasteiger partial charge in [-0.25, -0.2) is 0 Å². The smallest absolute Gasteiger partial charge is 0.118 e. The van der Waals surface area contributed by atoms with Crippen molar-refractivity contribution in [1.82, 2.24) is 10.2 Å². The number of fused-ring (bicyclic) bond motifs is 2. The molecule has 112 valence electrons. The van der Waals surface area contributed by atoms with E-state index in [1.165, 1.54) is 32.2 Å². The highest BCUT2D eigenvalue weighted by Gasteiger charge is 2.39. The maximum Gasteiger partial charge on any atom is 0.118 e. The summed E-state index contributed by atoms with van der Waals surface area (Å²) in [7, 11) is 2.23. The van der Waals surface area contributed by atoms with Crippen molar-refractivity contribution < 1.29 is 4.42 Å². The van der Waals surface area contributed by atoms with E-state index in [-0.39, 0.29) is 0 Å². The Bertz CT molecular complexity index is 428. The molecule has 3 heteroatoms. The minimum Gasteiger partial charge on any atom is -0.463 e. The van der Waals surface area contributed by atoms with Gasteiger partial charge in [-0.1, -0.05) is 13.3 Å². The van der Waals surface area contributed by atoms with Crippen LogP contribution in [-0.2, 0) is 13.1 Å². The van der Waals surface area contributed by atoms with Gasteiger partial charge in [-0.15, -0.1) is 0 Å². The van der Waals surface area contributed by atoms with E-state index in [0.29, 0.717) is 0 Å². The first-order valence-electron chi connectivity index (χ1n) is 8.21. The number of rotatable bonds is 7. The molecule has 3 atom stereocenters. The van der Waals surface area contributed by atoms with E-state index in [2.05, 4.69) is 36.3 Å². The van der Waals surface area contributed by atoms with Crippen LogP contribution in [0.15, 0.2) is 16.5 Å². The third-order valence-corrected chi connectivity index (χ3v) is 5.12. The number of furan rings is 1. The molecule has 3 rings (SSSR count). The van der Waals surface area contributed by atoms with Crippen molar-refractivity contribution in [1.29, 1.82) is 0 Å². The average molecular weight is 276 g/mol. The second-order valence-electron chi connectivity index (χ2n) is 6.78. The standard InChI is InChI=1S/C17H28N2O/c1-3-18-10-16-6-7-17(20-16)12-19(2)11-15-9-13-4-5-14(15)8-13/h6-7,13-15,18H,3-5,8-12H2,1-2H3. The molecule has 0 radical (unpaired) electrons. The highest BCUT2D eigenvalue weighted by atomic mass is 16.3. The summed E-state index contributed by atoms with van der Waals surface area (Å²) in [6, 6.07) is 4.23. The lowest BCUT2D eigenvalue weighted by molar-refractivity contribution is 0.203. The zero-order valence-electron chi connectivity index (χ0n) is 12.9. The fourth-order valence-corrected chi connectivity index (χ4v) is 4.18. The molecular weight excluding hydrogens is 248 g/mol. The Balaban J connectivity index is 1.46. The summed E-state index contributed by atoms with van der Waals surface area (Å²) >= 11 is 0. The predicted octanol–water partition coefficient (Wildman–Crippen LogP) is 3.26. The molecule has 1 aromatic heterocycles. The first-order valence-corrected chi connectivity index (χ1v) is 8.21. The maximum atomic E-state index is 5.88. The second-order valence-corrected chi connectivity index (χ2v) is 6.78. The van der Waals surface area contributed by atoms with Crippen molar-refractivity contribution >= 4 is 0 Å². The van der Waals surface area contributed by atoms with Crippen molar-refractivity contribution in [3.8, 4) is 0 Å². The number of hydrogen-bond acceptors (Lipinski definition) is 3. The Kier molecular flexibility index (Phi) is 4.47. The van der Waals surface area contributed by atoms with Crippen LogP contribution in [0.5, 0.6) is 0 Å². The molecular formula is C17H28N2O. The highest BCUT2D eigenvalue weighted by Crippen LogP contribution is 2.48. The van der Waals surface area contributed by atoms with E-state index in [1.807, 2.05) is 0 Å². The number of nitrogens with one attached hydrogen (secondary N) is 1. The Labute approximate surface area is 122 Å². The molecule has 2 aliphatic rings. The fourth-order valence-electron chi connectivity index (χ4n) is 4.18. The molecule has 2 saturated carbocycles. The topological polar surface area (TPSA) is 28.4 Å². The van der Waals surface area contributed by atoms with Crippen LogP contribution in [0.4, 0.5) is 0 Å². The van der Waals surface area contributed by atoms with E-state index in [9.17, 15) is 0 Å². The molecule has 0 spiro atoms. The molecule has 1 N–H and O–H groups in total. The van der Waals surface area contributed by atoms with Crippen LogP contribution < -0.4 is 5.32 Å². The van der Waals surface area contributed by atoms with Crippen LogP contribution in [0.3, 0.4) is 0 Å². The molecule has 1 heterocycles. The van der Waals surface area contributed by atoms with E-state index in [0.717, 1.165) is 48.9 Å². The monoisotopic (exact) mass is 276 g/mol. The van der Waals surface area contributed by atoms with Crippen LogP contribution in [0.25, 0.3) is 0 Å². The number of hydrogen-bond donors (Lipinski definition) is 1. The van der Waals surface area contributed by atoms with Crippen LogP contribution >= 0.6 is 0 Å². The van der Waals surface area contributed by atoms with Gasteiger partial charge < -0.3 is 9.73 Å². The molecule has 20 heavy (non-hydrogen) atoms. The Morgan fingerprint density at radius 3 is 2.80 bits per heavy atom. The lowest BCUT2D eigenvalue weighted by Gasteiger charge is -2.26. The van der Waals surface area contributed by atoms with Crippen LogP contribution in [0.1, 0.15) is 44.1 Å². The van der Waals surface area contributed by atoms with E-state index < -0.39 is 0 Å². The minimum atomic E-state index is 0.840. The molecule has 0 aliphatic heterocycles. The van der Waals surface area contributed by atoms with Gasteiger partial charge in [-0.3, -0.25) is 4.90 Å². The number of nitrogens with zero attached hydrogens (tertiary/aromatic N) is 1. The SMILES string of the molecule is CCNCc1ccc(CN(C)CC2CC3CCC2C3)o1. The van der Waals surface area contributed by atoms with Crippen molar-refractivity contribution in [2.24, 2.45) is 17.8 Å². The summed E-state index contributed by atoms with van der Waals surface area (Å²) < 4.78 is 5.88. The van der Waals surface area contributed by atoms with Crippen LogP contribution in [-0.4, -0.2) is 25.0 Å². The summed E-state index contributed by atoms with van der Waals surface area (Å²) in [5, 5.41) is 3.30. The van der Waals surface area contributed by atoms with E-state index in [1.54, 1.807) is 0 Å². The third-order valence-electron chi connectivity index (χ3n) is 5.12. The van der Waals surface area contributed by atoms with Gasteiger partial charge in [0.15, 0.2) is 0 Å². The second kappa shape index (κ2) is 6.31. The molecule has 1 aromatic rings. The fraction of sp³-hybridized carbons (Fsp3) is 0.765. The summed E-state index contributed by atoms with van der Waals surface area (Å²) in [5.74, 6) is 5.16. The molecule has 3 unspecified atom stereocenters. The van der Waals surface area contributed by atoms with Crippen LogP contribution in [0.2, 0.25) is 0 Å². The van der Waals surface area contributed by atoms with Gasteiger partial charge in [0.1, 0.15) is 11.5 Å². The Morgan fingerprint density at radius 2 is 2.10 bits per heavy atom. The van der Waals surface area contributed by atoms with Gasteiger partial charge in [0.2, 0.25) is 0 Å². The van der Waals surface area contributed by atoms with E-state index >= 15 is 0 Å². The molecule has 0 aromatic carbocycles. The van der Waals surface area contributed by atoms with Crippen molar-refractivity contribution in [3.63, 3.8) is 0 Å². The molecule has 2 aliphatic carbocycles. The zero-order chi connectivity index (χ0) is 13.9. The molecule has 2 bridgehead atoms. The predicted molar refractivity (Wildman–Crippen MR) is 81.4 cm³/mol. The van der Waals surface area contributed by atoms with Gasteiger partial charge in [-0.2, -0.15) is 0 Å². The zero-order valence-corrected chi connectivity index (χ0v) is 12.9. The molecule has 0 saturated heterocycles. The Hall–Kier alpha value is -0.800. The minimum absolute atomic E-state index is 0.840. The molecule has 3 nitrogen and oxygen atoms in total. The van der Waals surface area contributed by atoms with Crippen molar-refractivity contribution in [2.75, 3.05) is 20.1 Å². The third kappa shape index (κ3) is 3.26.